The van der Waals surface area contributed by atoms with Crippen molar-refractivity contribution in [3.8, 4) is 0 Å². The third-order valence-corrected chi connectivity index (χ3v) is 2.42. The molecular weight excluding hydrogens is 192 g/mol. The van der Waals surface area contributed by atoms with Crippen molar-refractivity contribution in [2.45, 2.75) is 37.9 Å². The summed E-state index contributed by atoms with van der Waals surface area (Å²) in [6, 6.07) is 0. The monoisotopic (exact) mass is 206 g/mol. The minimum Gasteiger partial charge on any atom is -0.479 e. The molecule has 0 amide bonds. The number of carboxylic acids is 2. The molecule has 0 aromatic rings. The summed E-state index contributed by atoms with van der Waals surface area (Å²) in [7, 11) is 0. The highest BCUT2D eigenvalue weighted by molar-refractivity contribution is 5.90. The fourth-order valence-corrected chi connectivity index (χ4v) is 1.24. The number of carbonyl (C=O) groups is 2. The van der Waals surface area contributed by atoms with E-state index in [-0.39, 0.29) is 12.8 Å². The van der Waals surface area contributed by atoms with Crippen LogP contribution in [0.4, 0.5) is 0 Å². The zero-order valence-corrected chi connectivity index (χ0v) is 8.02. The van der Waals surface area contributed by atoms with Crippen molar-refractivity contribution < 1.29 is 30.0 Å². The normalized spacial score (nSPS) is 19.4. The van der Waals surface area contributed by atoms with E-state index in [1.54, 1.807) is 0 Å². The number of hydrogen-bond acceptors (Lipinski definition) is 4. The molecule has 14 heavy (non-hydrogen) atoms. The number of aliphatic hydroxyl groups is 2. The van der Waals surface area contributed by atoms with Crippen molar-refractivity contribution in [2.75, 3.05) is 0 Å². The van der Waals surface area contributed by atoms with E-state index in [2.05, 4.69) is 0 Å². The predicted octanol–water partition coefficient (Wildman–Crippen LogP) is -0.562. The zero-order valence-electron chi connectivity index (χ0n) is 8.02. The molecule has 0 aromatic heterocycles. The first-order chi connectivity index (χ1) is 6.26. The molecule has 0 aromatic carbocycles. The van der Waals surface area contributed by atoms with Gasteiger partial charge in [0.15, 0.2) is 0 Å². The van der Waals surface area contributed by atoms with Gasteiger partial charge in [-0.3, -0.25) is 0 Å². The van der Waals surface area contributed by atoms with Gasteiger partial charge in [-0.05, 0) is 12.8 Å². The standard InChI is InChI=1S/C8H14O6/c1-3-7(13,5(9)10)8(14,4-2)6(11)12/h13-14H,3-4H2,1-2H3,(H,9,10)(H,11,12)/t7-,8-/m0/s1. The van der Waals surface area contributed by atoms with Crippen LogP contribution in [-0.4, -0.2) is 43.6 Å². The molecule has 6 heteroatoms. The average molecular weight is 206 g/mol. The van der Waals surface area contributed by atoms with Crippen molar-refractivity contribution in [3.63, 3.8) is 0 Å². The van der Waals surface area contributed by atoms with Crippen LogP contribution in [0, 0.1) is 0 Å². The van der Waals surface area contributed by atoms with E-state index in [0.29, 0.717) is 0 Å². The van der Waals surface area contributed by atoms with Gasteiger partial charge >= 0.3 is 11.9 Å². The molecule has 82 valence electrons. The summed E-state index contributed by atoms with van der Waals surface area (Å²) in [6.45, 7) is 2.58. The number of hydrogen-bond donors (Lipinski definition) is 4. The Labute approximate surface area is 80.8 Å². The molecule has 2 atom stereocenters. The Hall–Kier alpha value is -1.14. The molecule has 0 aliphatic carbocycles. The number of aliphatic carboxylic acids is 2. The lowest BCUT2D eigenvalue weighted by Gasteiger charge is -2.35. The molecule has 0 heterocycles. The average Bonchev–Trinajstić information content (AvgIpc) is 2.14. The van der Waals surface area contributed by atoms with Crippen LogP contribution in [0.1, 0.15) is 26.7 Å². The largest absolute Gasteiger partial charge is 0.479 e. The molecule has 0 spiro atoms. The van der Waals surface area contributed by atoms with E-state index >= 15 is 0 Å². The Morgan fingerprint density at radius 3 is 1.21 bits per heavy atom. The van der Waals surface area contributed by atoms with Gasteiger partial charge in [-0.2, -0.15) is 0 Å². The molecule has 0 rings (SSSR count). The van der Waals surface area contributed by atoms with Crippen LogP contribution >= 0.6 is 0 Å². The van der Waals surface area contributed by atoms with Crippen LogP contribution in [-0.2, 0) is 9.59 Å². The summed E-state index contributed by atoms with van der Waals surface area (Å²) >= 11 is 0. The fraction of sp³-hybridized carbons (Fsp3) is 0.750. The molecule has 0 aliphatic rings. The van der Waals surface area contributed by atoms with Crippen molar-refractivity contribution in [1.82, 2.24) is 0 Å². The van der Waals surface area contributed by atoms with E-state index < -0.39 is 23.1 Å². The second kappa shape index (κ2) is 3.93. The minimum atomic E-state index is -2.66. The maximum absolute atomic E-state index is 10.7. The molecule has 0 aliphatic heterocycles. The zero-order chi connectivity index (χ0) is 11.6. The number of carboxylic acid groups (broad SMARTS) is 2. The van der Waals surface area contributed by atoms with Crippen molar-refractivity contribution in [1.29, 1.82) is 0 Å². The fourth-order valence-electron chi connectivity index (χ4n) is 1.24. The molecule has 0 bridgehead atoms. The Morgan fingerprint density at radius 1 is 0.929 bits per heavy atom. The maximum Gasteiger partial charge on any atom is 0.339 e. The maximum atomic E-state index is 10.7. The van der Waals surface area contributed by atoms with Gasteiger partial charge in [-0.1, -0.05) is 13.8 Å². The predicted molar refractivity (Wildman–Crippen MR) is 45.8 cm³/mol. The van der Waals surface area contributed by atoms with E-state index in [0.717, 1.165) is 0 Å². The first-order valence-corrected chi connectivity index (χ1v) is 4.17. The summed E-state index contributed by atoms with van der Waals surface area (Å²) in [6.07, 6.45) is -0.780. The van der Waals surface area contributed by atoms with Gasteiger partial charge in [0, 0.05) is 0 Å². The number of rotatable bonds is 5. The Bertz CT molecular complexity index is 224. The molecular formula is C8H14O6. The van der Waals surface area contributed by atoms with Gasteiger partial charge in [-0.25, -0.2) is 9.59 Å². The van der Waals surface area contributed by atoms with E-state index in [9.17, 15) is 19.8 Å². The molecule has 0 unspecified atom stereocenters. The summed E-state index contributed by atoms with van der Waals surface area (Å²) in [5.74, 6) is -3.49. The first-order valence-electron chi connectivity index (χ1n) is 4.17. The smallest absolute Gasteiger partial charge is 0.339 e. The molecule has 6 nitrogen and oxygen atoms in total. The lowest BCUT2D eigenvalue weighted by Crippen LogP contribution is -2.63. The molecule has 0 fully saturated rings. The summed E-state index contributed by atoms with van der Waals surface area (Å²) in [4.78, 5) is 21.4. The first kappa shape index (κ1) is 12.9. The van der Waals surface area contributed by atoms with Crippen molar-refractivity contribution in [3.05, 3.63) is 0 Å². The lowest BCUT2D eigenvalue weighted by molar-refractivity contribution is -0.208. The van der Waals surface area contributed by atoms with Gasteiger partial charge in [-0.15, -0.1) is 0 Å². The van der Waals surface area contributed by atoms with Crippen molar-refractivity contribution >= 4 is 11.9 Å². The van der Waals surface area contributed by atoms with Crippen molar-refractivity contribution in [2.24, 2.45) is 0 Å². The van der Waals surface area contributed by atoms with Gasteiger partial charge in [0.05, 0.1) is 0 Å². The van der Waals surface area contributed by atoms with Crippen LogP contribution in [0.25, 0.3) is 0 Å². The Kier molecular flexibility index (Phi) is 3.61. The van der Waals surface area contributed by atoms with Gasteiger partial charge < -0.3 is 20.4 Å². The Morgan fingerprint density at radius 2 is 1.14 bits per heavy atom. The van der Waals surface area contributed by atoms with Gasteiger partial charge in [0.25, 0.3) is 0 Å². The van der Waals surface area contributed by atoms with Gasteiger partial charge in [0.1, 0.15) is 0 Å². The highest BCUT2D eigenvalue weighted by Gasteiger charge is 2.58. The second-order valence-corrected chi connectivity index (χ2v) is 3.04. The van der Waals surface area contributed by atoms with Crippen LogP contribution in [0.5, 0.6) is 0 Å². The van der Waals surface area contributed by atoms with Crippen LogP contribution in [0.15, 0.2) is 0 Å². The van der Waals surface area contributed by atoms with E-state index in [1.165, 1.54) is 13.8 Å². The van der Waals surface area contributed by atoms with Crippen LogP contribution in [0.2, 0.25) is 0 Å². The molecule has 0 radical (unpaired) electrons. The van der Waals surface area contributed by atoms with Crippen LogP contribution in [0.3, 0.4) is 0 Å². The summed E-state index contributed by atoms with van der Waals surface area (Å²) in [5.41, 5.74) is -5.32. The SMILES string of the molecule is CC[C@](O)(C(=O)O)[C@](O)(CC)C(=O)O. The minimum absolute atomic E-state index is 0.390. The summed E-state index contributed by atoms with van der Waals surface area (Å²) in [5, 5.41) is 36.5. The molecule has 4 N–H and O–H groups in total. The highest BCUT2D eigenvalue weighted by atomic mass is 16.5. The highest BCUT2D eigenvalue weighted by Crippen LogP contribution is 2.29. The second-order valence-electron chi connectivity index (χ2n) is 3.04. The Balaban J connectivity index is 5.37. The third kappa shape index (κ3) is 1.58. The van der Waals surface area contributed by atoms with Crippen LogP contribution < -0.4 is 0 Å². The summed E-state index contributed by atoms with van der Waals surface area (Å²) < 4.78 is 0. The van der Waals surface area contributed by atoms with Gasteiger partial charge in [0.2, 0.25) is 11.2 Å². The topological polar surface area (TPSA) is 115 Å². The third-order valence-electron chi connectivity index (χ3n) is 2.42. The molecule has 0 saturated carbocycles. The van der Waals surface area contributed by atoms with E-state index in [1.807, 2.05) is 0 Å². The van der Waals surface area contributed by atoms with E-state index in [4.69, 9.17) is 10.2 Å². The lowest BCUT2D eigenvalue weighted by atomic mass is 9.79. The molecule has 0 saturated heterocycles. The quantitative estimate of drug-likeness (QED) is 0.479.